The van der Waals surface area contributed by atoms with Crippen LogP contribution >= 0.6 is 0 Å². The number of hydrogen-bond donors (Lipinski definition) is 1. The Morgan fingerprint density at radius 1 is 1.10 bits per heavy atom. The Kier molecular flexibility index (Phi) is 6.70. The largest absolute Gasteiger partial charge is 0.349 e. The van der Waals surface area contributed by atoms with Crippen LogP contribution < -0.4 is 5.32 Å². The van der Waals surface area contributed by atoms with E-state index in [1.807, 2.05) is 20.8 Å². The molecule has 1 aliphatic carbocycles. The summed E-state index contributed by atoms with van der Waals surface area (Å²) in [5.41, 5.74) is -0.370. The Labute approximate surface area is 123 Å². The molecule has 0 bridgehead atoms. The first-order valence-corrected chi connectivity index (χ1v) is 8.15. The van der Waals surface area contributed by atoms with Gasteiger partial charge in [0.1, 0.15) is 0 Å². The van der Waals surface area contributed by atoms with Crippen molar-refractivity contribution in [2.24, 2.45) is 17.3 Å². The van der Waals surface area contributed by atoms with Crippen molar-refractivity contribution in [2.75, 3.05) is 6.54 Å². The average Bonchev–Trinajstić information content (AvgIpc) is 2.41. The number of carbonyl (C=O) groups is 2. The predicted octanol–water partition coefficient (Wildman–Crippen LogP) is 3.71. The summed E-state index contributed by atoms with van der Waals surface area (Å²) < 4.78 is 0. The van der Waals surface area contributed by atoms with Gasteiger partial charge < -0.3 is 5.32 Å². The summed E-state index contributed by atoms with van der Waals surface area (Å²) in [7, 11) is 0. The Balaban J connectivity index is 2.27. The Hall–Kier alpha value is -0.860. The van der Waals surface area contributed by atoms with Crippen LogP contribution in [0.25, 0.3) is 0 Å². The smallest absolute Gasteiger partial charge is 0.223 e. The third-order valence-electron chi connectivity index (χ3n) is 4.44. The van der Waals surface area contributed by atoms with E-state index in [-0.39, 0.29) is 29.6 Å². The quantitative estimate of drug-likeness (QED) is 0.806. The lowest BCUT2D eigenvalue weighted by Gasteiger charge is -2.28. The molecule has 0 atom stereocenters. The molecule has 3 nitrogen and oxygen atoms in total. The van der Waals surface area contributed by atoms with Gasteiger partial charge in [0.15, 0.2) is 5.78 Å². The van der Waals surface area contributed by atoms with Crippen LogP contribution in [0.4, 0.5) is 0 Å². The van der Waals surface area contributed by atoms with Gasteiger partial charge in [-0.05, 0) is 31.6 Å². The van der Waals surface area contributed by atoms with Gasteiger partial charge in [0.2, 0.25) is 5.91 Å². The van der Waals surface area contributed by atoms with Crippen LogP contribution in [0.3, 0.4) is 0 Å². The van der Waals surface area contributed by atoms with E-state index in [0.717, 1.165) is 18.8 Å². The molecule has 1 saturated carbocycles. The highest BCUT2D eigenvalue weighted by molar-refractivity contribution is 5.89. The van der Waals surface area contributed by atoms with Gasteiger partial charge in [-0.25, -0.2) is 0 Å². The molecule has 0 unspecified atom stereocenters. The van der Waals surface area contributed by atoms with Crippen molar-refractivity contribution in [2.45, 2.75) is 72.6 Å². The Bertz CT molecular complexity index is 322. The maximum Gasteiger partial charge on any atom is 0.223 e. The van der Waals surface area contributed by atoms with Crippen LogP contribution in [0.15, 0.2) is 0 Å². The van der Waals surface area contributed by atoms with Gasteiger partial charge in [0.25, 0.3) is 0 Å². The van der Waals surface area contributed by atoms with E-state index in [9.17, 15) is 9.59 Å². The second-order valence-corrected chi connectivity index (χ2v) is 7.25. The summed E-state index contributed by atoms with van der Waals surface area (Å²) >= 11 is 0. The zero-order chi connectivity index (χ0) is 15.2. The summed E-state index contributed by atoms with van der Waals surface area (Å²) in [4.78, 5) is 23.9. The topological polar surface area (TPSA) is 46.2 Å². The lowest BCUT2D eigenvalue weighted by molar-refractivity contribution is -0.131. The average molecular weight is 281 g/mol. The minimum Gasteiger partial charge on any atom is -0.349 e. The van der Waals surface area contributed by atoms with Crippen LogP contribution in [0.5, 0.6) is 0 Å². The van der Waals surface area contributed by atoms with Gasteiger partial charge in [-0.2, -0.15) is 0 Å². The molecule has 0 spiro atoms. The van der Waals surface area contributed by atoms with Crippen molar-refractivity contribution < 1.29 is 9.59 Å². The normalized spacial score (nSPS) is 23.4. The molecule has 0 saturated heterocycles. The van der Waals surface area contributed by atoms with Gasteiger partial charge in [-0.1, -0.05) is 47.0 Å². The zero-order valence-corrected chi connectivity index (χ0v) is 13.6. The molecule has 1 aliphatic rings. The Morgan fingerprint density at radius 2 is 1.70 bits per heavy atom. The molecule has 116 valence electrons. The number of carbonyl (C=O) groups excluding carboxylic acids is 2. The highest BCUT2D eigenvalue weighted by atomic mass is 16.2. The Morgan fingerprint density at radius 3 is 2.20 bits per heavy atom. The maximum absolute atomic E-state index is 12.1. The van der Waals surface area contributed by atoms with E-state index < -0.39 is 0 Å². The van der Waals surface area contributed by atoms with Crippen molar-refractivity contribution in [3.8, 4) is 0 Å². The second-order valence-electron chi connectivity index (χ2n) is 7.25. The van der Waals surface area contributed by atoms with Gasteiger partial charge in [-0.15, -0.1) is 0 Å². The molecule has 0 aromatic rings. The van der Waals surface area contributed by atoms with Crippen molar-refractivity contribution in [1.82, 2.24) is 5.32 Å². The molecule has 1 N–H and O–H groups in total. The SMILES string of the molecule is CCCCC1CCC(C(=O)NCC(=O)C(C)(C)C)CC1. The third kappa shape index (κ3) is 5.64. The minimum absolute atomic E-state index is 0.0801. The number of unbranched alkanes of at least 4 members (excludes halogenated alkanes) is 1. The van der Waals surface area contributed by atoms with Gasteiger partial charge >= 0.3 is 0 Å². The molecule has 0 aliphatic heterocycles. The third-order valence-corrected chi connectivity index (χ3v) is 4.44. The van der Waals surface area contributed by atoms with Gasteiger partial charge in [0, 0.05) is 11.3 Å². The second kappa shape index (κ2) is 7.80. The van der Waals surface area contributed by atoms with E-state index in [0.29, 0.717) is 0 Å². The van der Waals surface area contributed by atoms with Crippen LogP contribution in [0.1, 0.15) is 72.6 Å². The van der Waals surface area contributed by atoms with Crippen LogP contribution in [0, 0.1) is 17.3 Å². The number of amides is 1. The summed E-state index contributed by atoms with van der Waals surface area (Å²) in [5, 5.41) is 2.83. The van der Waals surface area contributed by atoms with Crippen LogP contribution in [-0.4, -0.2) is 18.2 Å². The van der Waals surface area contributed by atoms with Crippen molar-refractivity contribution in [3.63, 3.8) is 0 Å². The molecular formula is C17H31NO2. The molecule has 0 aromatic heterocycles. The van der Waals surface area contributed by atoms with Crippen LogP contribution in [-0.2, 0) is 9.59 Å². The lowest BCUT2D eigenvalue weighted by atomic mass is 9.79. The fourth-order valence-corrected chi connectivity index (χ4v) is 2.78. The number of ketones is 1. The minimum atomic E-state index is -0.370. The monoisotopic (exact) mass is 281 g/mol. The number of rotatable bonds is 6. The van der Waals surface area contributed by atoms with E-state index in [1.54, 1.807) is 0 Å². The van der Waals surface area contributed by atoms with E-state index in [4.69, 9.17) is 0 Å². The fraction of sp³-hybridized carbons (Fsp3) is 0.882. The molecule has 1 rings (SSSR count). The summed E-state index contributed by atoms with van der Waals surface area (Å²) in [6.07, 6.45) is 8.20. The first kappa shape index (κ1) is 17.2. The van der Waals surface area contributed by atoms with E-state index in [2.05, 4.69) is 12.2 Å². The number of nitrogens with one attached hydrogen (secondary N) is 1. The zero-order valence-electron chi connectivity index (χ0n) is 13.6. The van der Waals surface area contributed by atoms with Crippen molar-refractivity contribution in [1.29, 1.82) is 0 Å². The lowest BCUT2D eigenvalue weighted by Crippen LogP contribution is -2.39. The van der Waals surface area contributed by atoms with Crippen molar-refractivity contribution >= 4 is 11.7 Å². The summed E-state index contributed by atoms with van der Waals surface area (Å²) in [6, 6.07) is 0. The van der Waals surface area contributed by atoms with E-state index >= 15 is 0 Å². The van der Waals surface area contributed by atoms with Gasteiger partial charge in [-0.3, -0.25) is 9.59 Å². The predicted molar refractivity (Wildman–Crippen MR) is 82.4 cm³/mol. The first-order chi connectivity index (χ1) is 9.34. The molecule has 0 radical (unpaired) electrons. The molecule has 1 amide bonds. The molecule has 3 heteroatoms. The maximum atomic E-state index is 12.1. The fourth-order valence-electron chi connectivity index (χ4n) is 2.78. The first-order valence-electron chi connectivity index (χ1n) is 8.15. The number of hydrogen-bond acceptors (Lipinski definition) is 2. The highest BCUT2D eigenvalue weighted by Crippen LogP contribution is 2.31. The van der Waals surface area contributed by atoms with Gasteiger partial charge in [0.05, 0.1) is 6.54 Å². The van der Waals surface area contributed by atoms with E-state index in [1.165, 1.54) is 32.1 Å². The van der Waals surface area contributed by atoms with Crippen molar-refractivity contribution in [3.05, 3.63) is 0 Å². The molecule has 20 heavy (non-hydrogen) atoms. The molecule has 1 fully saturated rings. The molecular weight excluding hydrogens is 250 g/mol. The van der Waals surface area contributed by atoms with Crippen LogP contribution in [0.2, 0.25) is 0 Å². The standard InChI is InChI=1S/C17H31NO2/c1-5-6-7-13-8-10-14(11-9-13)16(20)18-12-15(19)17(2,3)4/h13-14H,5-12H2,1-4H3,(H,18,20). The molecule has 0 heterocycles. The summed E-state index contributed by atoms with van der Waals surface area (Å²) in [6.45, 7) is 8.07. The number of Topliss-reactive ketones (excluding diaryl/α,β-unsaturated/α-hetero) is 1. The molecule has 0 aromatic carbocycles. The highest BCUT2D eigenvalue weighted by Gasteiger charge is 2.27. The summed E-state index contributed by atoms with van der Waals surface area (Å²) in [5.74, 6) is 1.12.